The summed E-state index contributed by atoms with van der Waals surface area (Å²) in [7, 11) is 0. The Bertz CT molecular complexity index is 826. The first-order valence-electron chi connectivity index (χ1n) is 7.45. The summed E-state index contributed by atoms with van der Waals surface area (Å²) in [4.78, 5) is 23.7. The number of hydrogen-bond donors (Lipinski definition) is 2. The van der Waals surface area contributed by atoms with Crippen molar-refractivity contribution in [1.29, 1.82) is 0 Å². The summed E-state index contributed by atoms with van der Waals surface area (Å²) in [5.41, 5.74) is 0.253. The van der Waals surface area contributed by atoms with Gasteiger partial charge in [0.25, 0.3) is 5.91 Å². The minimum absolute atomic E-state index is 0.00599. The summed E-state index contributed by atoms with van der Waals surface area (Å²) >= 11 is 0. The molecular formula is C17H14F2N2O4. The molecule has 8 heteroatoms. The van der Waals surface area contributed by atoms with Crippen LogP contribution < -0.4 is 20.1 Å². The van der Waals surface area contributed by atoms with Crippen molar-refractivity contribution in [3.05, 3.63) is 53.6 Å². The van der Waals surface area contributed by atoms with Crippen LogP contribution in [0.3, 0.4) is 0 Å². The van der Waals surface area contributed by atoms with E-state index < -0.39 is 17.5 Å². The van der Waals surface area contributed by atoms with Gasteiger partial charge in [0.05, 0.1) is 5.56 Å². The fraction of sp³-hybridized carbons (Fsp3) is 0.176. The smallest absolute Gasteiger partial charge is 0.254 e. The quantitative estimate of drug-likeness (QED) is 0.870. The molecule has 0 saturated carbocycles. The van der Waals surface area contributed by atoms with E-state index in [1.165, 1.54) is 0 Å². The number of carbonyl (C=O) groups excluding carboxylic acids is 2. The minimum atomic E-state index is -0.956. The lowest BCUT2D eigenvalue weighted by molar-refractivity contribution is -0.116. The minimum Gasteiger partial charge on any atom is -0.454 e. The Hall–Kier alpha value is -3.16. The molecule has 0 radical (unpaired) electrons. The topological polar surface area (TPSA) is 76.7 Å². The first-order chi connectivity index (χ1) is 12.0. The zero-order valence-corrected chi connectivity index (χ0v) is 13.0. The number of rotatable bonds is 5. The lowest BCUT2D eigenvalue weighted by Crippen LogP contribution is -2.28. The van der Waals surface area contributed by atoms with E-state index in [1.807, 2.05) is 0 Å². The van der Waals surface area contributed by atoms with Gasteiger partial charge < -0.3 is 20.1 Å². The second-order valence-electron chi connectivity index (χ2n) is 5.25. The summed E-state index contributed by atoms with van der Waals surface area (Å²) < 4.78 is 36.7. The highest BCUT2D eigenvalue weighted by molar-refractivity contribution is 5.95. The molecule has 0 fully saturated rings. The first-order valence-corrected chi connectivity index (χ1v) is 7.45. The average Bonchev–Trinajstić information content (AvgIpc) is 3.02. The second-order valence-corrected chi connectivity index (χ2v) is 5.25. The lowest BCUT2D eigenvalue weighted by Gasteiger charge is -2.08. The molecule has 0 unspecified atom stereocenters. The van der Waals surface area contributed by atoms with E-state index in [4.69, 9.17) is 9.47 Å². The van der Waals surface area contributed by atoms with Crippen LogP contribution >= 0.6 is 0 Å². The molecule has 0 aliphatic carbocycles. The van der Waals surface area contributed by atoms with Gasteiger partial charge >= 0.3 is 0 Å². The monoisotopic (exact) mass is 348 g/mol. The van der Waals surface area contributed by atoms with Crippen molar-refractivity contribution in [2.75, 3.05) is 18.7 Å². The molecule has 3 rings (SSSR count). The number of nitrogens with one attached hydrogen (secondary N) is 2. The SMILES string of the molecule is O=C(CCNC(=O)c1ccc(F)cc1F)Nc1ccc2c(c1)OCO2. The Labute approximate surface area is 141 Å². The summed E-state index contributed by atoms with van der Waals surface area (Å²) in [5.74, 6) is -1.63. The van der Waals surface area contributed by atoms with Crippen LogP contribution in [0.15, 0.2) is 36.4 Å². The molecule has 0 bridgehead atoms. The third-order valence-corrected chi connectivity index (χ3v) is 3.47. The number of ether oxygens (including phenoxy) is 2. The van der Waals surface area contributed by atoms with Gasteiger partial charge in [-0.05, 0) is 24.3 Å². The second kappa shape index (κ2) is 7.16. The van der Waals surface area contributed by atoms with Gasteiger partial charge in [-0.15, -0.1) is 0 Å². The van der Waals surface area contributed by atoms with Crippen molar-refractivity contribution in [3.8, 4) is 11.5 Å². The molecule has 1 heterocycles. The summed E-state index contributed by atoms with van der Waals surface area (Å²) in [6.45, 7) is 0.144. The third kappa shape index (κ3) is 4.03. The molecule has 2 aromatic rings. The van der Waals surface area contributed by atoms with Crippen molar-refractivity contribution in [2.24, 2.45) is 0 Å². The molecule has 2 amide bonds. The fourth-order valence-corrected chi connectivity index (χ4v) is 2.26. The van der Waals surface area contributed by atoms with Crippen molar-refractivity contribution in [3.63, 3.8) is 0 Å². The van der Waals surface area contributed by atoms with Crippen molar-refractivity contribution in [2.45, 2.75) is 6.42 Å². The van der Waals surface area contributed by atoms with Gasteiger partial charge in [0.2, 0.25) is 12.7 Å². The number of amides is 2. The van der Waals surface area contributed by atoms with E-state index in [9.17, 15) is 18.4 Å². The van der Waals surface area contributed by atoms with E-state index in [1.54, 1.807) is 18.2 Å². The van der Waals surface area contributed by atoms with Crippen LogP contribution in [0, 0.1) is 11.6 Å². The third-order valence-electron chi connectivity index (χ3n) is 3.47. The van der Waals surface area contributed by atoms with E-state index in [-0.39, 0.29) is 31.2 Å². The van der Waals surface area contributed by atoms with E-state index in [0.717, 1.165) is 12.1 Å². The van der Waals surface area contributed by atoms with E-state index >= 15 is 0 Å². The molecule has 1 aliphatic rings. The Morgan fingerprint density at radius 2 is 1.84 bits per heavy atom. The number of benzene rings is 2. The van der Waals surface area contributed by atoms with Crippen molar-refractivity contribution < 1.29 is 27.8 Å². The summed E-state index contributed by atoms with van der Waals surface area (Å²) in [6.07, 6.45) is -0.0109. The normalized spacial score (nSPS) is 11.9. The maximum atomic E-state index is 13.5. The van der Waals surface area contributed by atoms with Gasteiger partial charge in [-0.2, -0.15) is 0 Å². The predicted octanol–water partition coefficient (Wildman–Crippen LogP) is 2.45. The van der Waals surface area contributed by atoms with Crippen LogP contribution in [0.2, 0.25) is 0 Å². The number of carbonyl (C=O) groups is 2. The first kappa shape index (κ1) is 16.7. The average molecular weight is 348 g/mol. The van der Waals surface area contributed by atoms with Gasteiger partial charge in [-0.25, -0.2) is 8.78 Å². The maximum Gasteiger partial charge on any atom is 0.254 e. The number of fused-ring (bicyclic) bond motifs is 1. The van der Waals surface area contributed by atoms with E-state index in [2.05, 4.69) is 10.6 Å². The highest BCUT2D eigenvalue weighted by Crippen LogP contribution is 2.34. The van der Waals surface area contributed by atoms with Gasteiger partial charge in [0.15, 0.2) is 11.5 Å². The van der Waals surface area contributed by atoms with Gasteiger partial charge in [-0.3, -0.25) is 9.59 Å². The molecule has 1 aliphatic heterocycles. The Morgan fingerprint density at radius 1 is 1.04 bits per heavy atom. The van der Waals surface area contributed by atoms with Crippen LogP contribution in [-0.2, 0) is 4.79 Å². The Morgan fingerprint density at radius 3 is 2.64 bits per heavy atom. The number of halogens is 2. The van der Waals surface area contributed by atoms with Crippen LogP contribution in [0.5, 0.6) is 11.5 Å². The van der Waals surface area contributed by atoms with Crippen LogP contribution in [0.1, 0.15) is 16.8 Å². The molecule has 2 N–H and O–H groups in total. The zero-order chi connectivity index (χ0) is 17.8. The molecule has 0 atom stereocenters. The van der Waals surface area contributed by atoms with Crippen LogP contribution in [0.25, 0.3) is 0 Å². The predicted molar refractivity (Wildman–Crippen MR) is 84.5 cm³/mol. The van der Waals surface area contributed by atoms with Gasteiger partial charge in [0, 0.05) is 30.8 Å². The number of hydrogen-bond acceptors (Lipinski definition) is 4. The van der Waals surface area contributed by atoms with Crippen LogP contribution in [0.4, 0.5) is 14.5 Å². The molecule has 0 aromatic heterocycles. The van der Waals surface area contributed by atoms with Crippen LogP contribution in [-0.4, -0.2) is 25.2 Å². The molecule has 25 heavy (non-hydrogen) atoms. The molecule has 0 saturated heterocycles. The highest BCUT2D eigenvalue weighted by Gasteiger charge is 2.15. The summed E-state index contributed by atoms with van der Waals surface area (Å²) in [6, 6.07) is 7.64. The maximum absolute atomic E-state index is 13.5. The molecular weight excluding hydrogens is 334 g/mol. The lowest BCUT2D eigenvalue weighted by atomic mass is 10.2. The molecule has 6 nitrogen and oxygen atoms in total. The number of anilines is 1. The van der Waals surface area contributed by atoms with Crippen molar-refractivity contribution >= 4 is 17.5 Å². The van der Waals surface area contributed by atoms with Gasteiger partial charge in [0.1, 0.15) is 11.6 Å². The Kier molecular flexibility index (Phi) is 4.78. The zero-order valence-electron chi connectivity index (χ0n) is 13.0. The van der Waals surface area contributed by atoms with E-state index in [0.29, 0.717) is 23.3 Å². The van der Waals surface area contributed by atoms with Gasteiger partial charge in [-0.1, -0.05) is 0 Å². The molecule has 130 valence electrons. The largest absolute Gasteiger partial charge is 0.454 e. The fourth-order valence-electron chi connectivity index (χ4n) is 2.26. The van der Waals surface area contributed by atoms with Crippen molar-refractivity contribution in [1.82, 2.24) is 5.32 Å². The Balaban J connectivity index is 1.48. The standard InChI is InChI=1S/C17H14F2N2O4/c18-10-1-3-12(13(19)7-10)17(23)20-6-5-16(22)21-11-2-4-14-15(8-11)25-9-24-14/h1-4,7-8H,5-6,9H2,(H,20,23)(H,21,22). The molecule has 0 spiro atoms. The summed E-state index contributed by atoms with van der Waals surface area (Å²) in [5, 5.41) is 5.07. The molecule has 2 aromatic carbocycles. The highest BCUT2D eigenvalue weighted by atomic mass is 19.1.